The lowest BCUT2D eigenvalue weighted by molar-refractivity contribution is 0.104. The predicted octanol–water partition coefficient (Wildman–Crippen LogP) is 4.49. The van der Waals surface area contributed by atoms with E-state index in [0.717, 1.165) is 42.5 Å². The Kier molecular flexibility index (Phi) is 6.17. The van der Waals surface area contributed by atoms with E-state index < -0.39 is 0 Å². The van der Waals surface area contributed by atoms with Gasteiger partial charge < -0.3 is 15.1 Å². The second-order valence-corrected chi connectivity index (χ2v) is 7.76. The quantitative estimate of drug-likeness (QED) is 0.820. The number of benzene rings is 1. The number of urea groups is 1. The molecule has 2 heterocycles. The van der Waals surface area contributed by atoms with Crippen LogP contribution in [-0.4, -0.2) is 48.1 Å². The third-order valence-corrected chi connectivity index (χ3v) is 6.11. The maximum Gasteiger partial charge on any atom is 0.321 e. The number of hydrogen-bond donors (Lipinski definition) is 1. The summed E-state index contributed by atoms with van der Waals surface area (Å²) >= 11 is 3.55. The fraction of sp³-hybridized carbons (Fsp3) is 0.632. The number of nitrogens with one attached hydrogen (secondary N) is 1. The number of anilines is 1. The van der Waals surface area contributed by atoms with Crippen molar-refractivity contribution in [2.24, 2.45) is 0 Å². The summed E-state index contributed by atoms with van der Waals surface area (Å²) in [5.41, 5.74) is 2.11. The Balaban J connectivity index is 1.51. The average molecular weight is 394 g/mol. The van der Waals surface area contributed by atoms with Crippen molar-refractivity contribution in [2.75, 3.05) is 31.5 Å². The summed E-state index contributed by atoms with van der Waals surface area (Å²) in [7, 11) is 0. The molecule has 2 aliphatic rings. The number of piperidine rings is 2. The molecule has 1 aromatic rings. The zero-order chi connectivity index (χ0) is 16.9. The molecule has 4 nitrogen and oxygen atoms in total. The lowest BCUT2D eigenvalue weighted by atomic mass is 10.00. The van der Waals surface area contributed by atoms with Gasteiger partial charge in [0, 0.05) is 29.3 Å². The number of amides is 2. The number of rotatable bonds is 3. The smallest absolute Gasteiger partial charge is 0.321 e. The molecule has 132 valence electrons. The van der Waals surface area contributed by atoms with Crippen LogP contribution in [0.1, 0.15) is 44.6 Å². The second-order valence-electron chi connectivity index (χ2n) is 6.90. The monoisotopic (exact) mass is 393 g/mol. The first-order chi connectivity index (χ1) is 11.7. The van der Waals surface area contributed by atoms with Gasteiger partial charge in [-0.1, -0.05) is 29.3 Å². The molecule has 3 rings (SSSR count). The predicted molar refractivity (Wildman–Crippen MR) is 103 cm³/mol. The Morgan fingerprint density at radius 2 is 1.88 bits per heavy atom. The molecule has 0 bridgehead atoms. The van der Waals surface area contributed by atoms with E-state index in [-0.39, 0.29) is 6.03 Å². The number of nitrogens with zero attached hydrogens (tertiary/aromatic N) is 2. The van der Waals surface area contributed by atoms with Crippen LogP contribution in [0.2, 0.25) is 0 Å². The zero-order valence-electron chi connectivity index (χ0n) is 14.6. The SMILES string of the molecule is CCc1cc(NC(=O)N2CCC(N3CCCCC3)CC2)ccc1Br. The third kappa shape index (κ3) is 4.31. The third-order valence-electron chi connectivity index (χ3n) is 5.34. The molecule has 0 unspecified atom stereocenters. The zero-order valence-corrected chi connectivity index (χ0v) is 16.1. The minimum atomic E-state index is 0.0384. The molecule has 1 N–H and O–H groups in total. The first kappa shape index (κ1) is 17.7. The van der Waals surface area contributed by atoms with Gasteiger partial charge in [-0.25, -0.2) is 4.79 Å². The molecule has 2 amide bonds. The maximum absolute atomic E-state index is 12.5. The van der Waals surface area contributed by atoms with E-state index in [2.05, 4.69) is 39.1 Å². The molecule has 0 saturated carbocycles. The van der Waals surface area contributed by atoms with Crippen molar-refractivity contribution in [3.63, 3.8) is 0 Å². The number of halogens is 1. The lowest BCUT2D eigenvalue weighted by Crippen LogP contribution is -2.49. The van der Waals surface area contributed by atoms with Crippen molar-refractivity contribution in [1.29, 1.82) is 0 Å². The first-order valence-corrected chi connectivity index (χ1v) is 10.0. The molecule has 2 fully saturated rings. The number of carbonyl (C=O) groups is 1. The topological polar surface area (TPSA) is 35.6 Å². The van der Waals surface area contributed by atoms with Crippen molar-refractivity contribution in [3.8, 4) is 0 Å². The van der Waals surface area contributed by atoms with Crippen LogP contribution in [0.3, 0.4) is 0 Å². The van der Waals surface area contributed by atoms with Crippen LogP contribution < -0.4 is 5.32 Å². The van der Waals surface area contributed by atoms with E-state index in [1.165, 1.54) is 37.9 Å². The molecule has 24 heavy (non-hydrogen) atoms. The summed E-state index contributed by atoms with van der Waals surface area (Å²) in [5, 5.41) is 3.06. The van der Waals surface area contributed by atoms with E-state index in [0.29, 0.717) is 6.04 Å². The Morgan fingerprint density at radius 1 is 1.17 bits per heavy atom. The second kappa shape index (κ2) is 8.34. The number of likely N-dealkylation sites (tertiary alicyclic amines) is 2. The fourth-order valence-corrected chi connectivity index (χ4v) is 4.37. The summed E-state index contributed by atoms with van der Waals surface area (Å²) in [6, 6.07) is 6.74. The van der Waals surface area contributed by atoms with Crippen LogP contribution in [0, 0.1) is 0 Å². The molecule has 0 aromatic heterocycles. The van der Waals surface area contributed by atoms with Crippen molar-refractivity contribution < 1.29 is 4.79 Å². The maximum atomic E-state index is 12.5. The van der Waals surface area contributed by atoms with Gasteiger partial charge in [0.25, 0.3) is 0 Å². The van der Waals surface area contributed by atoms with Crippen LogP contribution in [0.5, 0.6) is 0 Å². The van der Waals surface area contributed by atoms with Crippen molar-refractivity contribution in [1.82, 2.24) is 9.80 Å². The Hall–Kier alpha value is -1.07. The summed E-state index contributed by atoms with van der Waals surface area (Å²) in [4.78, 5) is 17.1. The molecule has 0 atom stereocenters. The van der Waals surface area contributed by atoms with Gasteiger partial charge in [0.1, 0.15) is 0 Å². The van der Waals surface area contributed by atoms with Crippen LogP contribution in [0.15, 0.2) is 22.7 Å². The van der Waals surface area contributed by atoms with Crippen LogP contribution in [0.25, 0.3) is 0 Å². The molecule has 5 heteroatoms. The fourth-order valence-electron chi connectivity index (χ4n) is 3.84. The Labute approximate surface area is 153 Å². The summed E-state index contributed by atoms with van der Waals surface area (Å²) < 4.78 is 1.10. The number of carbonyl (C=O) groups excluding carboxylic acids is 1. The average Bonchev–Trinajstić information content (AvgIpc) is 2.64. The van der Waals surface area contributed by atoms with E-state index in [4.69, 9.17) is 0 Å². The van der Waals surface area contributed by atoms with Gasteiger partial charge in [-0.05, 0) is 69.0 Å². The van der Waals surface area contributed by atoms with Crippen LogP contribution in [0.4, 0.5) is 10.5 Å². The Bertz CT molecular complexity index is 564. The van der Waals surface area contributed by atoms with Gasteiger partial charge in [-0.3, -0.25) is 0 Å². The first-order valence-electron chi connectivity index (χ1n) is 9.26. The Morgan fingerprint density at radius 3 is 2.54 bits per heavy atom. The van der Waals surface area contributed by atoms with Crippen LogP contribution in [-0.2, 0) is 6.42 Å². The normalized spacial score (nSPS) is 20.2. The van der Waals surface area contributed by atoms with Gasteiger partial charge in [0.15, 0.2) is 0 Å². The highest BCUT2D eigenvalue weighted by Crippen LogP contribution is 2.23. The van der Waals surface area contributed by atoms with Crippen molar-refractivity contribution in [2.45, 2.75) is 51.5 Å². The van der Waals surface area contributed by atoms with Crippen LogP contribution >= 0.6 is 15.9 Å². The molecule has 2 aliphatic heterocycles. The molecule has 0 radical (unpaired) electrons. The van der Waals surface area contributed by atoms with Gasteiger partial charge in [0.2, 0.25) is 0 Å². The van der Waals surface area contributed by atoms with E-state index in [9.17, 15) is 4.79 Å². The van der Waals surface area contributed by atoms with Crippen molar-refractivity contribution >= 4 is 27.6 Å². The molecule has 2 saturated heterocycles. The molecule has 1 aromatic carbocycles. The summed E-state index contributed by atoms with van der Waals surface area (Å²) in [5.74, 6) is 0. The van der Waals surface area contributed by atoms with E-state index in [1.807, 2.05) is 17.0 Å². The summed E-state index contributed by atoms with van der Waals surface area (Å²) in [6.45, 7) is 6.34. The van der Waals surface area contributed by atoms with Gasteiger partial charge in [-0.15, -0.1) is 0 Å². The minimum Gasteiger partial charge on any atom is -0.324 e. The molecule has 0 spiro atoms. The highest BCUT2D eigenvalue weighted by atomic mass is 79.9. The summed E-state index contributed by atoms with van der Waals surface area (Å²) in [6.07, 6.45) is 7.21. The highest BCUT2D eigenvalue weighted by molar-refractivity contribution is 9.10. The van der Waals surface area contributed by atoms with Gasteiger partial charge >= 0.3 is 6.03 Å². The highest BCUT2D eigenvalue weighted by Gasteiger charge is 2.27. The molecular formula is C19H28BrN3O. The van der Waals surface area contributed by atoms with Gasteiger partial charge in [-0.2, -0.15) is 0 Å². The lowest BCUT2D eigenvalue weighted by Gasteiger charge is -2.40. The standard InChI is InChI=1S/C19H28BrN3O/c1-2-15-14-16(6-7-18(15)20)21-19(24)23-12-8-17(9-13-23)22-10-4-3-5-11-22/h6-7,14,17H,2-5,8-13H2,1H3,(H,21,24). The van der Waals surface area contributed by atoms with E-state index >= 15 is 0 Å². The van der Waals surface area contributed by atoms with E-state index in [1.54, 1.807) is 0 Å². The largest absolute Gasteiger partial charge is 0.324 e. The van der Waals surface area contributed by atoms with Gasteiger partial charge in [0.05, 0.1) is 0 Å². The number of hydrogen-bond acceptors (Lipinski definition) is 2. The number of aryl methyl sites for hydroxylation is 1. The molecule has 0 aliphatic carbocycles. The van der Waals surface area contributed by atoms with Crippen molar-refractivity contribution in [3.05, 3.63) is 28.2 Å². The minimum absolute atomic E-state index is 0.0384. The molecular weight excluding hydrogens is 366 g/mol.